The Kier molecular flexibility index (Phi) is 6.48. The van der Waals surface area contributed by atoms with E-state index in [2.05, 4.69) is 13.8 Å². The number of aliphatic hydroxyl groups excluding tert-OH is 1. The van der Waals surface area contributed by atoms with Crippen molar-refractivity contribution in [3.05, 3.63) is 0 Å². The zero-order chi connectivity index (χ0) is 21.7. The van der Waals surface area contributed by atoms with E-state index in [4.69, 9.17) is 28.4 Å². The van der Waals surface area contributed by atoms with Gasteiger partial charge in [0.1, 0.15) is 23.4 Å². The molecular formula is C24H42O8. The van der Waals surface area contributed by atoms with Crippen LogP contribution in [0.1, 0.15) is 82.1 Å². The second kappa shape index (κ2) is 7.97. The average molecular weight is 459 g/mol. The SMILES string of the molecule is C.C.CC[C@H]1C[C@]12O[C@@H]1OC(C)(C)O[C@H]1C2=O.CC[C@H]1C[C@]12O[C@@H]1OC(C)(C)O[C@H]1C2O. The van der Waals surface area contributed by atoms with Crippen LogP contribution in [0.3, 0.4) is 0 Å². The molecule has 2 spiro atoms. The lowest BCUT2D eigenvalue weighted by molar-refractivity contribution is -0.222. The molecule has 4 aliphatic heterocycles. The minimum atomic E-state index is -0.691. The molecule has 6 fully saturated rings. The van der Waals surface area contributed by atoms with Crippen LogP contribution in [-0.4, -0.2) is 64.6 Å². The number of carbonyl (C=O) groups is 1. The van der Waals surface area contributed by atoms with Crippen LogP contribution >= 0.6 is 0 Å². The Morgan fingerprint density at radius 2 is 1.41 bits per heavy atom. The van der Waals surface area contributed by atoms with Crippen LogP contribution < -0.4 is 0 Å². The lowest BCUT2D eigenvalue weighted by atomic mass is 10.1. The van der Waals surface area contributed by atoms with E-state index in [0.717, 1.165) is 25.7 Å². The number of rotatable bonds is 2. The molecule has 0 bridgehead atoms. The van der Waals surface area contributed by atoms with Crippen LogP contribution in [-0.2, 0) is 33.2 Å². The number of fused-ring (bicyclic) bond motifs is 2. The Morgan fingerprint density at radius 3 is 1.91 bits per heavy atom. The molecule has 6 aliphatic rings. The highest BCUT2D eigenvalue weighted by Gasteiger charge is 2.72. The fourth-order valence-corrected chi connectivity index (χ4v) is 5.68. The third-order valence-electron chi connectivity index (χ3n) is 7.43. The Hall–Kier alpha value is -0.610. The van der Waals surface area contributed by atoms with Gasteiger partial charge in [-0.1, -0.05) is 35.1 Å². The predicted octanol–water partition coefficient (Wildman–Crippen LogP) is 3.53. The maximum absolute atomic E-state index is 12.1. The van der Waals surface area contributed by atoms with Gasteiger partial charge in [-0.05, 0) is 58.8 Å². The van der Waals surface area contributed by atoms with Gasteiger partial charge in [-0.15, -0.1) is 0 Å². The normalized spacial score (nSPS) is 50.2. The zero-order valence-corrected chi connectivity index (χ0v) is 18.7. The molecule has 0 aromatic heterocycles. The summed E-state index contributed by atoms with van der Waals surface area (Å²) in [5.41, 5.74) is -0.916. The first-order chi connectivity index (χ1) is 14.0. The number of hydrogen-bond donors (Lipinski definition) is 1. The highest BCUT2D eigenvalue weighted by Crippen LogP contribution is 2.59. The summed E-state index contributed by atoms with van der Waals surface area (Å²) in [4.78, 5) is 12.1. The fraction of sp³-hybridized carbons (Fsp3) is 0.958. The molecule has 32 heavy (non-hydrogen) atoms. The van der Waals surface area contributed by atoms with Gasteiger partial charge < -0.3 is 33.5 Å². The molecule has 6 rings (SSSR count). The van der Waals surface area contributed by atoms with Crippen molar-refractivity contribution < 1.29 is 38.3 Å². The molecule has 186 valence electrons. The van der Waals surface area contributed by atoms with Crippen molar-refractivity contribution in [2.45, 2.75) is 136 Å². The van der Waals surface area contributed by atoms with Gasteiger partial charge in [0.15, 0.2) is 36.0 Å². The third kappa shape index (κ3) is 3.76. The van der Waals surface area contributed by atoms with Crippen LogP contribution in [0.15, 0.2) is 0 Å². The van der Waals surface area contributed by atoms with E-state index >= 15 is 0 Å². The molecule has 0 radical (unpaired) electrons. The summed E-state index contributed by atoms with van der Waals surface area (Å²) in [6.45, 7) is 11.5. The van der Waals surface area contributed by atoms with Crippen LogP contribution in [0, 0.1) is 11.8 Å². The molecule has 4 saturated heterocycles. The van der Waals surface area contributed by atoms with E-state index < -0.39 is 35.7 Å². The molecule has 0 aromatic carbocycles. The first-order valence-corrected chi connectivity index (χ1v) is 11.3. The average Bonchev–Trinajstić information content (AvgIpc) is 3.43. The summed E-state index contributed by atoms with van der Waals surface area (Å²) in [7, 11) is 0. The van der Waals surface area contributed by atoms with Gasteiger partial charge in [0, 0.05) is 0 Å². The van der Waals surface area contributed by atoms with Crippen molar-refractivity contribution in [3.63, 3.8) is 0 Å². The summed E-state index contributed by atoms with van der Waals surface area (Å²) >= 11 is 0. The number of hydrogen-bond acceptors (Lipinski definition) is 8. The molecular weight excluding hydrogens is 416 g/mol. The lowest BCUT2D eigenvalue weighted by Gasteiger charge is -2.23. The standard InChI is InChI=1S/C11H18O4.C11H16O4.2CH4/c2*1-4-6-5-11(6)8(12)7-9(15-11)14-10(2,3)13-7;;/h6-9,12H,4-5H2,1-3H3;6-7,9H,4-5H2,1-3H3;2*1H4/t6-,7-,8?,9-,11-;6-,7-,9-,11-;;/m00../s1. The maximum Gasteiger partial charge on any atom is 0.199 e. The van der Waals surface area contributed by atoms with Crippen LogP contribution in [0.2, 0.25) is 0 Å². The van der Waals surface area contributed by atoms with Crippen LogP contribution in [0.25, 0.3) is 0 Å². The van der Waals surface area contributed by atoms with Crippen molar-refractivity contribution in [3.8, 4) is 0 Å². The minimum Gasteiger partial charge on any atom is -0.387 e. The van der Waals surface area contributed by atoms with Crippen molar-refractivity contribution in [1.29, 1.82) is 0 Å². The Balaban J connectivity index is 0.000000170. The predicted molar refractivity (Wildman–Crippen MR) is 117 cm³/mol. The second-order valence-corrected chi connectivity index (χ2v) is 10.4. The van der Waals surface area contributed by atoms with Gasteiger partial charge in [0.05, 0.1) is 0 Å². The Bertz CT molecular complexity index is 738. The molecule has 2 saturated carbocycles. The Labute approximate surface area is 192 Å². The van der Waals surface area contributed by atoms with Crippen LogP contribution in [0.5, 0.6) is 0 Å². The third-order valence-corrected chi connectivity index (χ3v) is 7.43. The molecule has 2 aliphatic carbocycles. The summed E-state index contributed by atoms with van der Waals surface area (Å²) in [5, 5.41) is 10.2. The van der Waals surface area contributed by atoms with Crippen molar-refractivity contribution in [2.75, 3.05) is 0 Å². The van der Waals surface area contributed by atoms with Gasteiger partial charge in [0.25, 0.3) is 0 Å². The van der Waals surface area contributed by atoms with E-state index in [1.807, 2.05) is 13.8 Å². The van der Waals surface area contributed by atoms with Crippen molar-refractivity contribution >= 4 is 5.78 Å². The number of Topliss-reactive ketones (excluding diaryl/α,β-unsaturated/α-hetero) is 1. The second-order valence-electron chi connectivity index (χ2n) is 10.4. The molecule has 9 atom stereocenters. The summed E-state index contributed by atoms with van der Waals surface area (Å²) < 4.78 is 33.9. The quantitative estimate of drug-likeness (QED) is 0.672. The van der Waals surface area contributed by atoms with Crippen LogP contribution in [0.4, 0.5) is 0 Å². The highest BCUT2D eigenvalue weighted by molar-refractivity contribution is 5.96. The zero-order valence-electron chi connectivity index (χ0n) is 18.7. The fourth-order valence-electron chi connectivity index (χ4n) is 5.68. The molecule has 8 nitrogen and oxygen atoms in total. The number of aliphatic hydroxyl groups is 1. The highest BCUT2D eigenvalue weighted by atomic mass is 16.8. The van der Waals surface area contributed by atoms with Crippen molar-refractivity contribution in [1.82, 2.24) is 0 Å². The monoisotopic (exact) mass is 458 g/mol. The number of ether oxygens (including phenoxy) is 6. The smallest absolute Gasteiger partial charge is 0.199 e. The van der Waals surface area contributed by atoms with E-state index in [-0.39, 0.29) is 38.6 Å². The first kappa shape index (κ1) is 26.0. The molecule has 0 amide bonds. The molecule has 8 heteroatoms. The topological polar surface area (TPSA) is 92.7 Å². The first-order valence-electron chi connectivity index (χ1n) is 11.3. The van der Waals surface area contributed by atoms with E-state index in [1.54, 1.807) is 13.8 Å². The summed E-state index contributed by atoms with van der Waals surface area (Å²) in [6, 6.07) is 0. The minimum absolute atomic E-state index is 0. The summed E-state index contributed by atoms with van der Waals surface area (Å²) in [5.74, 6) is -0.401. The summed E-state index contributed by atoms with van der Waals surface area (Å²) in [6.07, 6.45) is 1.58. The molecule has 1 N–H and O–H groups in total. The van der Waals surface area contributed by atoms with Gasteiger partial charge in [-0.25, -0.2) is 0 Å². The van der Waals surface area contributed by atoms with E-state index in [9.17, 15) is 9.90 Å². The Morgan fingerprint density at radius 1 is 0.812 bits per heavy atom. The maximum atomic E-state index is 12.1. The van der Waals surface area contributed by atoms with Gasteiger partial charge in [-0.2, -0.15) is 0 Å². The molecule has 4 heterocycles. The lowest BCUT2D eigenvalue weighted by Crippen LogP contribution is -2.36. The van der Waals surface area contributed by atoms with Gasteiger partial charge >= 0.3 is 0 Å². The van der Waals surface area contributed by atoms with E-state index in [1.165, 1.54) is 0 Å². The largest absolute Gasteiger partial charge is 0.387 e. The van der Waals surface area contributed by atoms with Crippen molar-refractivity contribution in [2.24, 2.45) is 11.8 Å². The number of ketones is 1. The van der Waals surface area contributed by atoms with Gasteiger partial charge in [0.2, 0.25) is 0 Å². The number of carbonyl (C=O) groups excluding carboxylic acids is 1. The van der Waals surface area contributed by atoms with Gasteiger partial charge in [-0.3, -0.25) is 4.79 Å². The molecule has 1 unspecified atom stereocenters. The molecule has 0 aromatic rings. The van der Waals surface area contributed by atoms with E-state index in [0.29, 0.717) is 11.8 Å².